The van der Waals surface area contributed by atoms with E-state index in [4.69, 9.17) is 5.11 Å². The number of likely N-dealkylation sites (N-methyl/N-ethyl adjacent to an activating group) is 1. The second kappa shape index (κ2) is 6.86. The standard InChI is InChI=1S/C12H24N2O2/c1-3-10-7-5-4-6-8-14(10)9-11(13-2)12(15)16/h10-11,13H,3-9H2,1-2H3,(H,15,16). The van der Waals surface area contributed by atoms with Gasteiger partial charge in [-0.1, -0.05) is 19.8 Å². The monoisotopic (exact) mass is 228 g/mol. The van der Waals surface area contributed by atoms with Crippen molar-refractivity contribution >= 4 is 5.97 Å². The molecule has 1 heterocycles. The van der Waals surface area contributed by atoms with Gasteiger partial charge in [0, 0.05) is 12.6 Å². The molecule has 0 aromatic rings. The molecule has 1 saturated heterocycles. The average Bonchev–Trinajstić information content (AvgIpc) is 2.49. The molecular formula is C12H24N2O2. The molecule has 0 aromatic heterocycles. The lowest BCUT2D eigenvalue weighted by Crippen LogP contribution is -2.47. The van der Waals surface area contributed by atoms with Crippen molar-refractivity contribution in [1.82, 2.24) is 10.2 Å². The summed E-state index contributed by atoms with van der Waals surface area (Å²) in [4.78, 5) is 13.3. The van der Waals surface area contributed by atoms with Gasteiger partial charge >= 0.3 is 5.97 Å². The fourth-order valence-corrected chi connectivity index (χ4v) is 2.47. The Kier molecular flexibility index (Phi) is 5.77. The van der Waals surface area contributed by atoms with Gasteiger partial charge in [0.1, 0.15) is 6.04 Å². The first-order valence-electron chi connectivity index (χ1n) is 6.33. The number of nitrogens with one attached hydrogen (secondary N) is 1. The van der Waals surface area contributed by atoms with Gasteiger partial charge in [-0.15, -0.1) is 0 Å². The largest absolute Gasteiger partial charge is 0.480 e. The molecule has 0 bridgehead atoms. The lowest BCUT2D eigenvalue weighted by molar-refractivity contribution is -0.140. The number of carbonyl (C=O) groups is 1. The van der Waals surface area contributed by atoms with Crippen molar-refractivity contribution in [1.29, 1.82) is 0 Å². The van der Waals surface area contributed by atoms with Gasteiger partial charge in [-0.3, -0.25) is 9.69 Å². The van der Waals surface area contributed by atoms with E-state index in [1.165, 1.54) is 25.7 Å². The molecule has 16 heavy (non-hydrogen) atoms. The summed E-state index contributed by atoms with van der Waals surface area (Å²) in [5.41, 5.74) is 0. The molecule has 0 saturated carbocycles. The normalized spacial score (nSPS) is 25.0. The lowest BCUT2D eigenvalue weighted by atomic mass is 10.1. The van der Waals surface area contributed by atoms with Gasteiger partial charge in [-0.25, -0.2) is 0 Å². The molecule has 0 aliphatic carbocycles. The Labute approximate surface area is 98.0 Å². The molecule has 0 aromatic carbocycles. The van der Waals surface area contributed by atoms with Crippen molar-refractivity contribution in [3.05, 3.63) is 0 Å². The summed E-state index contributed by atoms with van der Waals surface area (Å²) in [5, 5.41) is 11.9. The molecule has 2 atom stereocenters. The van der Waals surface area contributed by atoms with Gasteiger partial charge in [0.15, 0.2) is 0 Å². The smallest absolute Gasteiger partial charge is 0.322 e. The number of carboxylic acid groups (broad SMARTS) is 1. The van der Waals surface area contributed by atoms with Crippen molar-refractivity contribution in [2.75, 3.05) is 20.1 Å². The summed E-state index contributed by atoms with van der Waals surface area (Å²) in [7, 11) is 1.72. The zero-order chi connectivity index (χ0) is 12.0. The van der Waals surface area contributed by atoms with Crippen LogP contribution < -0.4 is 5.32 Å². The Hall–Kier alpha value is -0.610. The molecule has 94 valence electrons. The average molecular weight is 228 g/mol. The van der Waals surface area contributed by atoms with Crippen LogP contribution in [-0.2, 0) is 4.79 Å². The van der Waals surface area contributed by atoms with E-state index < -0.39 is 12.0 Å². The van der Waals surface area contributed by atoms with Crippen molar-refractivity contribution in [3.8, 4) is 0 Å². The quantitative estimate of drug-likeness (QED) is 0.745. The molecule has 1 aliphatic rings. The molecule has 0 radical (unpaired) electrons. The van der Waals surface area contributed by atoms with E-state index in [9.17, 15) is 4.79 Å². The Morgan fingerprint density at radius 3 is 2.81 bits per heavy atom. The zero-order valence-electron chi connectivity index (χ0n) is 10.4. The van der Waals surface area contributed by atoms with Gasteiger partial charge in [-0.2, -0.15) is 0 Å². The maximum Gasteiger partial charge on any atom is 0.322 e. The third-order valence-electron chi connectivity index (χ3n) is 3.53. The Bertz CT molecular complexity index is 221. The molecule has 0 spiro atoms. The van der Waals surface area contributed by atoms with Crippen LogP contribution in [-0.4, -0.2) is 48.2 Å². The second-order valence-electron chi connectivity index (χ2n) is 4.59. The Balaban J connectivity index is 2.56. The van der Waals surface area contributed by atoms with Gasteiger partial charge in [0.25, 0.3) is 0 Å². The van der Waals surface area contributed by atoms with Crippen molar-refractivity contribution in [2.45, 2.75) is 51.1 Å². The first-order chi connectivity index (χ1) is 7.69. The minimum Gasteiger partial charge on any atom is -0.480 e. The van der Waals surface area contributed by atoms with Gasteiger partial charge < -0.3 is 10.4 Å². The van der Waals surface area contributed by atoms with Crippen LogP contribution >= 0.6 is 0 Å². The second-order valence-corrected chi connectivity index (χ2v) is 4.59. The highest BCUT2D eigenvalue weighted by Gasteiger charge is 2.24. The number of nitrogens with zero attached hydrogens (tertiary/aromatic N) is 1. The molecule has 0 amide bonds. The van der Waals surface area contributed by atoms with Crippen molar-refractivity contribution < 1.29 is 9.90 Å². The van der Waals surface area contributed by atoms with E-state index in [0.717, 1.165) is 13.0 Å². The van der Waals surface area contributed by atoms with Crippen LogP contribution in [0.4, 0.5) is 0 Å². The minimum atomic E-state index is -0.749. The highest BCUT2D eigenvalue weighted by molar-refractivity contribution is 5.73. The summed E-state index contributed by atoms with van der Waals surface area (Å²) < 4.78 is 0. The third kappa shape index (κ3) is 3.76. The van der Waals surface area contributed by atoms with Crippen LogP contribution in [0, 0.1) is 0 Å². The van der Waals surface area contributed by atoms with Crippen LogP contribution in [0.3, 0.4) is 0 Å². The van der Waals surface area contributed by atoms with E-state index in [2.05, 4.69) is 17.1 Å². The minimum absolute atomic E-state index is 0.438. The first-order valence-corrected chi connectivity index (χ1v) is 6.33. The third-order valence-corrected chi connectivity index (χ3v) is 3.53. The van der Waals surface area contributed by atoms with E-state index in [1.807, 2.05) is 0 Å². The number of likely N-dealkylation sites (tertiary alicyclic amines) is 1. The van der Waals surface area contributed by atoms with Gasteiger partial charge in [-0.05, 0) is 32.9 Å². The number of hydrogen-bond acceptors (Lipinski definition) is 3. The van der Waals surface area contributed by atoms with Crippen molar-refractivity contribution in [2.24, 2.45) is 0 Å². The summed E-state index contributed by atoms with van der Waals surface area (Å²) in [5.74, 6) is -0.749. The number of aliphatic carboxylic acids is 1. The molecular weight excluding hydrogens is 204 g/mol. The van der Waals surface area contributed by atoms with Crippen LogP contribution in [0.5, 0.6) is 0 Å². The SMILES string of the molecule is CCC1CCCCCN1CC(NC)C(=O)O. The Morgan fingerprint density at radius 2 is 2.25 bits per heavy atom. The molecule has 4 nitrogen and oxygen atoms in total. The van der Waals surface area contributed by atoms with E-state index in [0.29, 0.717) is 12.6 Å². The number of rotatable bonds is 5. The van der Waals surface area contributed by atoms with Crippen molar-refractivity contribution in [3.63, 3.8) is 0 Å². The molecule has 1 fully saturated rings. The summed E-state index contributed by atoms with van der Waals surface area (Å²) >= 11 is 0. The van der Waals surface area contributed by atoms with Crippen LogP contribution in [0.2, 0.25) is 0 Å². The highest BCUT2D eigenvalue weighted by Crippen LogP contribution is 2.19. The predicted octanol–water partition coefficient (Wildman–Crippen LogP) is 1.31. The number of carboxylic acids is 1. The fourth-order valence-electron chi connectivity index (χ4n) is 2.47. The Morgan fingerprint density at radius 1 is 1.50 bits per heavy atom. The first kappa shape index (κ1) is 13.5. The lowest BCUT2D eigenvalue weighted by Gasteiger charge is -2.31. The van der Waals surface area contributed by atoms with E-state index in [-0.39, 0.29) is 0 Å². The van der Waals surface area contributed by atoms with Crippen LogP contribution in [0.1, 0.15) is 39.0 Å². The molecule has 4 heteroatoms. The zero-order valence-corrected chi connectivity index (χ0v) is 10.4. The van der Waals surface area contributed by atoms with E-state index >= 15 is 0 Å². The van der Waals surface area contributed by atoms with E-state index in [1.54, 1.807) is 7.05 Å². The van der Waals surface area contributed by atoms with Gasteiger partial charge in [0.2, 0.25) is 0 Å². The maximum absolute atomic E-state index is 11.0. The summed E-state index contributed by atoms with van der Waals surface area (Å²) in [6.07, 6.45) is 6.10. The number of hydrogen-bond donors (Lipinski definition) is 2. The molecule has 2 unspecified atom stereocenters. The molecule has 1 aliphatic heterocycles. The summed E-state index contributed by atoms with van der Waals surface area (Å²) in [6, 6.07) is 0.129. The maximum atomic E-state index is 11.0. The molecule has 2 N–H and O–H groups in total. The summed E-state index contributed by atoms with van der Waals surface area (Å²) in [6.45, 7) is 3.87. The van der Waals surface area contributed by atoms with Crippen LogP contribution in [0.25, 0.3) is 0 Å². The highest BCUT2D eigenvalue weighted by atomic mass is 16.4. The van der Waals surface area contributed by atoms with Crippen LogP contribution in [0.15, 0.2) is 0 Å². The molecule has 1 rings (SSSR count). The predicted molar refractivity (Wildman–Crippen MR) is 64.6 cm³/mol. The fraction of sp³-hybridized carbons (Fsp3) is 0.917. The topological polar surface area (TPSA) is 52.6 Å². The van der Waals surface area contributed by atoms with Gasteiger partial charge in [0.05, 0.1) is 0 Å².